The van der Waals surface area contributed by atoms with Crippen molar-refractivity contribution in [3.63, 3.8) is 0 Å². The fourth-order valence-electron chi connectivity index (χ4n) is 2.43. The molecule has 0 aliphatic rings. The van der Waals surface area contributed by atoms with Gasteiger partial charge in [0.2, 0.25) is 0 Å². The van der Waals surface area contributed by atoms with Crippen LogP contribution in [0.15, 0.2) is 12.2 Å². The first-order valence-corrected chi connectivity index (χ1v) is 6.32. The largest absolute Gasteiger partial charge is 0.478 e. The quantitative estimate of drug-likeness (QED) is 0.628. The van der Waals surface area contributed by atoms with Gasteiger partial charge in [-0.2, -0.15) is 0 Å². The van der Waals surface area contributed by atoms with Gasteiger partial charge in [-0.3, -0.25) is 0 Å². The SMILES string of the molecule is C=C(C(=O)O)C(CC)(CCCC)CC(C)C. The van der Waals surface area contributed by atoms with E-state index in [0.717, 1.165) is 32.1 Å². The molecule has 0 amide bonds. The molecule has 0 rings (SSSR count). The van der Waals surface area contributed by atoms with Crippen molar-refractivity contribution in [3.05, 3.63) is 12.2 Å². The van der Waals surface area contributed by atoms with Crippen molar-refractivity contribution in [2.75, 3.05) is 0 Å². The normalized spacial score (nSPS) is 14.8. The Bertz CT molecular complexity index is 243. The zero-order valence-electron chi connectivity index (χ0n) is 11.2. The Labute approximate surface area is 99.7 Å². The molecule has 2 heteroatoms. The van der Waals surface area contributed by atoms with Gasteiger partial charge >= 0.3 is 5.97 Å². The number of rotatable bonds is 8. The van der Waals surface area contributed by atoms with Crippen LogP contribution >= 0.6 is 0 Å². The molecule has 1 atom stereocenters. The van der Waals surface area contributed by atoms with E-state index in [1.165, 1.54) is 0 Å². The molecule has 0 saturated heterocycles. The van der Waals surface area contributed by atoms with Crippen LogP contribution in [0.1, 0.15) is 59.8 Å². The molecule has 0 aromatic rings. The van der Waals surface area contributed by atoms with Crippen LogP contribution in [0.2, 0.25) is 0 Å². The summed E-state index contributed by atoms with van der Waals surface area (Å²) in [5, 5.41) is 9.16. The minimum Gasteiger partial charge on any atom is -0.478 e. The van der Waals surface area contributed by atoms with Gasteiger partial charge in [-0.1, -0.05) is 47.1 Å². The van der Waals surface area contributed by atoms with Crippen molar-refractivity contribution < 1.29 is 9.90 Å². The molecular formula is C14H26O2. The summed E-state index contributed by atoms with van der Waals surface area (Å²) < 4.78 is 0. The Kier molecular flexibility index (Phi) is 6.39. The Morgan fingerprint density at radius 2 is 1.94 bits per heavy atom. The zero-order valence-corrected chi connectivity index (χ0v) is 11.2. The number of carboxylic acid groups (broad SMARTS) is 1. The number of carboxylic acids is 1. The first-order chi connectivity index (χ1) is 7.39. The molecule has 0 aromatic heterocycles. The third-order valence-corrected chi connectivity index (χ3v) is 3.38. The van der Waals surface area contributed by atoms with E-state index < -0.39 is 5.97 Å². The standard InChI is InChI=1S/C14H26O2/c1-6-8-9-14(7-2,10-11(3)4)12(5)13(15)16/h11H,5-10H2,1-4H3,(H,15,16). The van der Waals surface area contributed by atoms with Crippen molar-refractivity contribution in [1.82, 2.24) is 0 Å². The van der Waals surface area contributed by atoms with E-state index in [4.69, 9.17) is 5.11 Å². The summed E-state index contributed by atoms with van der Waals surface area (Å²) in [6, 6.07) is 0. The molecule has 16 heavy (non-hydrogen) atoms. The molecule has 2 nitrogen and oxygen atoms in total. The summed E-state index contributed by atoms with van der Waals surface area (Å²) in [6.07, 6.45) is 4.92. The summed E-state index contributed by atoms with van der Waals surface area (Å²) in [7, 11) is 0. The van der Waals surface area contributed by atoms with Crippen LogP contribution in [0, 0.1) is 11.3 Å². The van der Waals surface area contributed by atoms with Gasteiger partial charge in [0.25, 0.3) is 0 Å². The van der Waals surface area contributed by atoms with E-state index in [1.807, 2.05) is 0 Å². The van der Waals surface area contributed by atoms with Gasteiger partial charge in [0.1, 0.15) is 0 Å². The minimum atomic E-state index is -0.835. The predicted octanol–water partition coefficient (Wildman–Crippen LogP) is 4.26. The van der Waals surface area contributed by atoms with E-state index in [9.17, 15) is 4.79 Å². The van der Waals surface area contributed by atoms with Crippen LogP contribution in [0.3, 0.4) is 0 Å². The average molecular weight is 226 g/mol. The molecule has 0 aliphatic heterocycles. The molecule has 0 aliphatic carbocycles. The highest BCUT2D eigenvalue weighted by atomic mass is 16.4. The first kappa shape index (κ1) is 15.2. The lowest BCUT2D eigenvalue weighted by Gasteiger charge is -2.35. The lowest BCUT2D eigenvalue weighted by molar-refractivity contribution is -0.134. The fraction of sp³-hybridized carbons (Fsp3) is 0.786. The molecule has 0 spiro atoms. The van der Waals surface area contributed by atoms with Crippen molar-refractivity contribution in [1.29, 1.82) is 0 Å². The molecule has 0 bridgehead atoms. The molecular weight excluding hydrogens is 200 g/mol. The molecule has 1 unspecified atom stereocenters. The Morgan fingerprint density at radius 3 is 2.25 bits per heavy atom. The lowest BCUT2D eigenvalue weighted by Crippen LogP contribution is -2.28. The van der Waals surface area contributed by atoms with Crippen LogP contribution in [-0.2, 0) is 4.79 Å². The van der Waals surface area contributed by atoms with Gasteiger partial charge in [-0.05, 0) is 25.2 Å². The highest BCUT2D eigenvalue weighted by Crippen LogP contribution is 2.42. The zero-order chi connectivity index (χ0) is 12.8. The number of hydrogen-bond donors (Lipinski definition) is 1. The maximum atomic E-state index is 11.1. The first-order valence-electron chi connectivity index (χ1n) is 6.32. The summed E-state index contributed by atoms with van der Waals surface area (Å²) in [6.45, 7) is 12.3. The van der Waals surface area contributed by atoms with Gasteiger partial charge < -0.3 is 5.11 Å². The van der Waals surface area contributed by atoms with Crippen molar-refractivity contribution >= 4 is 5.97 Å². The van der Waals surface area contributed by atoms with E-state index in [0.29, 0.717) is 11.5 Å². The molecule has 0 aromatic carbocycles. The van der Waals surface area contributed by atoms with Crippen LogP contribution in [0.4, 0.5) is 0 Å². The summed E-state index contributed by atoms with van der Waals surface area (Å²) in [5.41, 5.74) is 0.202. The second-order valence-corrected chi connectivity index (χ2v) is 5.12. The highest BCUT2D eigenvalue weighted by molar-refractivity contribution is 5.87. The van der Waals surface area contributed by atoms with E-state index in [2.05, 4.69) is 34.3 Å². The lowest BCUT2D eigenvalue weighted by atomic mass is 9.69. The second kappa shape index (κ2) is 6.72. The molecule has 94 valence electrons. The average Bonchev–Trinajstić information content (AvgIpc) is 2.22. The van der Waals surface area contributed by atoms with Crippen molar-refractivity contribution in [2.45, 2.75) is 59.8 Å². The highest BCUT2D eigenvalue weighted by Gasteiger charge is 2.34. The molecule has 0 radical (unpaired) electrons. The third kappa shape index (κ3) is 3.99. The van der Waals surface area contributed by atoms with Crippen LogP contribution in [0.25, 0.3) is 0 Å². The van der Waals surface area contributed by atoms with E-state index in [1.54, 1.807) is 0 Å². The number of hydrogen-bond acceptors (Lipinski definition) is 1. The van der Waals surface area contributed by atoms with Crippen molar-refractivity contribution in [3.8, 4) is 0 Å². The molecule has 0 fully saturated rings. The summed E-state index contributed by atoms with van der Waals surface area (Å²) in [5.74, 6) is -0.327. The van der Waals surface area contributed by atoms with Crippen molar-refractivity contribution in [2.24, 2.45) is 11.3 Å². The molecule has 0 heterocycles. The Hall–Kier alpha value is -0.790. The van der Waals surface area contributed by atoms with E-state index >= 15 is 0 Å². The maximum Gasteiger partial charge on any atom is 0.331 e. The number of carbonyl (C=O) groups is 1. The Morgan fingerprint density at radius 1 is 1.38 bits per heavy atom. The van der Waals surface area contributed by atoms with Gasteiger partial charge in [-0.15, -0.1) is 0 Å². The predicted molar refractivity (Wildman–Crippen MR) is 68.5 cm³/mol. The topological polar surface area (TPSA) is 37.3 Å². The fourth-order valence-corrected chi connectivity index (χ4v) is 2.43. The number of unbranched alkanes of at least 4 members (excludes halogenated alkanes) is 1. The van der Waals surface area contributed by atoms with Crippen LogP contribution in [-0.4, -0.2) is 11.1 Å². The monoisotopic (exact) mass is 226 g/mol. The smallest absolute Gasteiger partial charge is 0.331 e. The number of aliphatic carboxylic acids is 1. The van der Waals surface area contributed by atoms with Gasteiger partial charge in [-0.25, -0.2) is 4.79 Å². The van der Waals surface area contributed by atoms with Gasteiger partial charge in [0, 0.05) is 11.0 Å². The second-order valence-electron chi connectivity index (χ2n) is 5.12. The van der Waals surface area contributed by atoms with Gasteiger partial charge in [0.05, 0.1) is 0 Å². The van der Waals surface area contributed by atoms with Crippen LogP contribution in [0.5, 0.6) is 0 Å². The third-order valence-electron chi connectivity index (χ3n) is 3.38. The summed E-state index contributed by atoms with van der Waals surface area (Å²) >= 11 is 0. The molecule has 1 N–H and O–H groups in total. The van der Waals surface area contributed by atoms with E-state index in [-0.39, 0.29) is 5.41 Å². The van der Waals surface area contributed by atoms with Crippen LogP contribution < -0.4 is 0 Å². The van der Waals surface area contributed by atoms with Gasteiger partial charge in [0.15, 0.2) is 0 Å². The minimum absolute atomic E-state index is 0.198. The summed E-state index contributed by atoms with van der Waals surface area (Å²) in [4.78, 5) is 11.1. The maximum absolute atomic E-state index is 11.1. The molecule has 0 saturated carbocycles. The Balaban J connectivity index is 4.94.